The van der Waals surface area contributed by atoms with Crippen molar-refractivity contribution in [1.82, 2.24) is 4.90 Å². The maximum Gasteiger partial charge on any atom is 0.0424 e. The van der Waals surface area contributed by atoms with E-state index in [9.17, 15) is 0 Å². The molecule has 0 unspecified atom stereocenters. The molecule has 2 nitrogen and oxygen atoms in total. The van der Waals surface area contributed by atoms with Crippen molar-refractivity contribution in [3.05, 3.63) is 35.9 Å². The predicted molar refractivity (Wildman–Crippen MR) is 61.2 cm³/mol. The fourth-order valence-corrected chi connectivity index (χ4v) is 1.61. The molecule has 0 spiro atoms. The Labute approximate surface area is 86.7 Å². The van der Waals surface area contributed by atoms with Gasteiger partial charge in [-0.2, -0.15) is 0 Å². The van der Waals surface area contributed by atoms with Gasteiger partial charge in [0.1, 0.15) is 0 Å². The number of benzene rings is 1. The van der Waals surface area contributed by atoms with Crippen molar-refractivity contribution < 1.29 is 0 Å². The van der Waals surface area contributed by atoms with Gasteiger partial charge >= 0.3 is 0 Å². The molecule has 0 saturated heterocycles. The van der Waals surface area contributed by atoms with Crippen LogP contribution in [0.2, 0.25) is 0 Å². The number of hydrogen-bond acceptors (Lipinski definition) is 2. The first kappa shape index (κ1) is 11.2. The molecule has 2 N–H and O–H groups in total. The monoisotopic (exact) mass is 192 g/mol. The summed E-state index contributed by atoms with van der Waals surface area (Å²) in [6.07, 6.45) is 1.18. The van der Waals surface area contributed by atoms with Gasteiger partial charge in [-0.25, -0.2) is 0 Å². The normalized spacial score (nSPS) is 13.1. The van der Waals surface area contributed by atoms with Crippen LogP contribution in [0.5, 0.6) is 0 Å². The van der Waals surface area contributed by atoms with Crippen LogP contribution < -0.4 is 5.73 Å². The number of rotatable bonds is 5. The van der Waals surface area contributed by atoms with E-state index in [4.69, 9.17) is 5.73 Å². The topological polar surface area (TPSA) is 29.3 Å². The smallest absolute Gasteiger partial charge is 0.0424 e. The molecule has 1 rings (SSSR count). The summed E-state index contributed by atoms with van der Waals surface area (Å²) >= 11 is 0. The van der Waals surface area contributed by atoms with Crippen LogP contribution in [0.15, 0.2) is 30.3 Å². The van der Waals surface area contributed by atoms with Gasteiger partial charge in [0.25, 0.3) is 0 Å². The van der Waals surface area contributed by atoms with E-state index in [0.717, 1.165) is 13.1 Å². The van der Waals surface area contributed by atoms with Crippen molar-refractivity contribution in [3.8, 4) is 0 Å². The molecule has 0 aliphatic rings. The third kappa shape index (κ3) is 3.48. The van der Waals surface area contributed by atoms with Crippen LogP contribution in [0.25, 0.3) is 0 Å². The predicted octanol–water partition coefficient (Wildman–Crippen LogP) is 2.03. The van der Waals surface area contributed by atoms with Gasteiger partial charge in [0, 0.05) is 12.6 Å². The van der Waals surface area contributed by atoms with Gasteiger partial charge < -0.3 is 10.6 Å². The Morgan fingerprint density at radius 3 is 2.50 bits per heavy atom. The van der Waals surface area contributed by atoms with Crippen LogP contribution in [-0.2, 0) is 0 Å². The third-order valence-corrected chi connectivity index (χ3v) is 2.34. The van der Waals surface area contributed by atoms with Gasteiger partial charge in [0.05, 0.1) is 0 Å². The van der Waals surface area contributed by atoms with Gasteiger partial charge in [-0.3, -0.25) is 0 Å². The van der Waals surface area contributed by atoms with Crippen LogP contribution in [0, 0.1) is 0 Å². The second-order valence-electron chi connectivity index (χ2n) is 3.78. The quantitative estimate of drug-likeness (QED) is 0.773. The molecule has 0 amide bonds. The lowest BCUT2D eigenvalue weighted by Crippen LogP contribution is -2.29. The minimum absolute atomic E-state index is 0.132. The van der Waals surface area contributed by atoms with Crippen LogP contribution >= 0.6 is 0 Å². The number of nitrogens with zero attached hydrogens (tertiary/aromatic N) is 1. The van der Waals surface area contributed by atoms with Crippen molar-refractivity contribution in [2.24, 2.45) is 5.73 Å². The minimum atomic E-state index is 0.132. The molecule has 78 valence electrons. The fraction of sp³-hybridized carbons (Fsp3) is 0.500. The molecule has 1 atom stereocenters. The summed E-state index contributed by atoms with van der Waals surface area (Å²) in [6.45, 7) is 4.23. The number of hydrogen-bond donors (Lipinski definition) is 1. The Balaban J connectivity index is 2.46. The first-order chi connectivity index (χ1) is 6.74. The fourth-order valence-electron chi connectivity index (χ4n) is 1.61. The summed E-state index contributed by atoms with van der Waals surface area (Å²) < 4.78 is 0. The molecule has 0 heterocycles. The van der Waals surface area contributed by atoms with Gasteiger partial charge in [-0.1, -0.05) is 37.3 Å². The summed E-state index contributed by atoms with van der Waals surface area (Å²) in [7, 11) is 2.12. The summed E-state index contributed by atoms with van der Waals surface area (Å²) in [5.74, 6) is 0. The molecule has 0 saturated carbocycles. The van der Waals surface area contributed by atoms with Crippen molar-refractivity contribution in [2.75, 3.05) is 20.1 Å². The average Bonchev–Trinajstić information content (AvgIpc) is 2.19. The van der Waals surface area contributed by atoms with Crippen molar-refractivity contribution in [2.45, 2.75) is 19.4 Å². The van der Waals surface area contributed by atoms with Gasteiger partial charge in [-0.15, -0.1) is 0 Å². The molecule has 0 aromatic heterocycles. The zero-order valence-corrected chi connectivity index (χ0v) is 9.11. The van der Waals surface area contributed by atoms with Crippen molar-refractivity contribution in [3.63, 3.8) is 0 Å². The van der Waals surface area contributed by atoms with Crippen LogP contribution in [0.1, 0.15) is 24.9 Å². The molecule has 0 radical (unpaired) electrons. The highest BCUT2D eigenvalue weighted by atomic mass is 15.1. The minimum Gasteiger partial charge on any atom is -0.323 e. The van der Waals surface area contributed by atoms with E-state index in [-0.39, 0.29) is 6.04 Å². The zero-order valence-electron chi connectivity index (χ0n) is 9.11. The lowest BCUT2D eigenvalue weighted by molar-refractivity contribution is 0.313. The van der Waals surface area contributed by atoms with Crippen LogP contribution in [0.3, 0.4) is 0 Å². The third-order valence-electron chi connectivity index (χ3n) is 2.34. The van der Waals surface area contributed by atoms with Crippen LogP contribution in [0.4, 0.5) is 0 Å². The largest absolute Gasteiger partial charge is 0.323 e. The highest BCUT2D eigenvalue weighted by molar-refractivity contribution is 5.18. The number of likely N-dealkylation sites (N-methyl/N-ethyl adjacent to an activating group) is 1. The Kier molecular flexibility index (Phi) is 4.63. The Hall–Kier alpha value is -0.860. The molecule has 1 aromatic rings. The Morgan fingerprint density at radius 2 is 1.93 bits per heavy atom. The van der Waals surface area contributed by atoms with E-state index >= 15 is 0 Å². The first-order valence-electron chi connectivity index (χ1n) is 5.23. The van der Waals surface area contributed by atoms with E-state index in [2.05, 4.69) is 31.0 Å². The molecular formula is C12H20N2. The molecule has 1 aromatic carbocycles. The second kappa shape index (κ2) is 5.78. The molecule has 0 aliphatic heterocycles. The zero-order chi connectivity index (χ0) is 10.4. The van der Waals surface area contributed by atoms with E-state index < -0.39 is 0 Å². The highest BCUT2D eigenvalue weighted by Crippen LogP contribution is 2.10. The van der Waals surface area contributed by atoms with E-state index in [1.54, 1.807) is 0 Å². The van der Waals surface area contributed by atoms with E-state index in [0.29, 0.717) is 0 Å². The van der Waals surface area contributed by atoms with Crippen molar-refractivity contribution in [1.29, 1.82) is 0 Å². The highest BCUT2D eigenvalue weighted by Gasteiger charge is 2.07. The maximum atomic E-state index is 6.08. The van der Waals surface area contributed by atoms with Gasteiger partial charge in [0.15, 0.2) is 0 Å². The lowest BCUT2D eigenvalue weighted by atomic mass is 10.1. The molecule has 2 heteroatoms. The molecular weight excluding hydrogens is 172 g/mol. The first-order valence-corrected chi connectivity index (χ1v) is 5.23. The lowest BCUT2D eigenvalue weighted by Gasteiger charge is -2.20. The number of nitrogens with two attached hydrogens (primary N) is 1. The van der Waals surface area contributed by atoms with Crippen molar-refractivity contribution >= 4 is 0 Å². The summed E-state index contributed by atoms with van der Waals surface area (Å²) in [5, 5.41) is 0. The van der Waals surface area contributed by atoms with E-state index in [1.807, 2.05) is 18.2 Å². The summed E-state index contributed by atoms with van der Waals surface area (Å²) in [5.41, 5.74) is 7.30. The molecule has 14 heavy (non-hydrogen) atoms. The Morgan fingerprint density at radius 1 is 1.29 bits per heavy atom. The summed E-state index contributed by atoms with van der Waals surface area (Å²) in [6, 6.07) is 10.4. The second-order valence-corrected chi connectivity index (χ2v) is 3.78. The average molecular weight is 192 g/mol. The van der Waals surface area contributed by atoms with Crippen LogP contribution in [-0.4, -0.2) is 25.0 Å². The SMILES string of the molecule is CCCN(C)C[C@H](N)c1ccccc1. The Bertz CT molecular complexity index is 246. The molecule has 0 fully saturated rings. The molecule has 0 bridgehead atoms. The summed E-state index contributed by atoms with van der Waals surface area (Å²) in [4.78, 5) is 2.28. The standard InChI is InChI=1S/C12H20N2/c1-3-9-14(2)10-12(13)11-7-5-4-6-8-11/h4-8,12H,3,9-10,13H2,1-2H3/t12-/m0/s1. The molecule has 0 aliphatic carbocycles. The van der Waals surface area contributed by atoms with E-state index in [1.165, 1.54) is 12.0 Å². The van der Waals surface area contributed by atoms with Gasteiger partial charge in [-0.05, 0) is 25.6 Å². The van der Waals surface area contributed by atoms with Gasteiger partial charge in [0.2, 0.25) is 0 Å². The maximum absolute atomic E-state index is 6.08.